The highest BCUT2D eigenvalue weighted by atomic mass is 35.5. The monoisotopic (exact) mass is 299 g/mol. The molecule has 0 saturated heterocycles. The van der Waals surface area contributed by atoms with Gasteiger partial charge in [0.25, 0.3) is 0 Å². The summed E-state index contributed by atoms with van der Waals surface area (Å²) < 4.78 is 1.93. The summed E-state index contributed by atoms with van der Waals surface area (Å²) >= 11 is 5.86. The molecule has 0 aliphatic rings. The van der Waals surface area contributed by atoms with Gasteiger partial charge < -0.3 is 9.67 Å². The molecule has 3 aromatic rings. The first-order valence-electron chi connectivity index (χ1n) is 6.59. The van der Waals surface area contributed by atoms with E-state index in [0.29, 0.717) is 11.6 Å². The fraction of sp³-hybridized carbons (Fsp3) is 0.125. The molecule has 0 aliphatic carbocycles. The van der Waals surface area contributed by atoms with Gasteiger partial charge in [0.15, 0.2) is 0 Å². The van der Waals surface area contributed by atoms with Crippen molar-refractivity contribution in [2.24, 2.45) is 0 Å². The molecule has 0 unspecified atom stereocenters. The van der Waals surface area contributed by atoms with Crippen LogP contribution in [-0.4, -0.2) is 19.6 Å². The number of hydrogen-bond donors (Lipinski definition) is 1. The lowest BCUT2D eigenvalue weighted by atomic mass is 10.1. The Hall–Kier alpha value is -2.17. The zero-order valence-corrected chi connectivity index (χ0v) is 12.0. The first kappa shape index (κ1) is 13.8. The first-order chi connectivity index (χ1) is 10.2. The van der Waals surface area contributed by atoms with Gasteiger partial charge in [-0.25, -0.2) is 4.98 Å². The lowest BCUT2D eigenvalue weighted by Gasteiger charge is -2.14. The molecule has 0 fully saturated rings. The zero-order chi connectivity index (χ0) is 14.7. The van der Waals surface area contributed by atoms with Crippen LogP contribution in [0.1, 0.15) is 11.7 Å². The van der Waals surface area contributed by atoms with Crippen molar-refractivity contribution in [3.8, 4) is 11.4 Å². The topological polar surface area (TPSA) is 50.9 Å². The van der Waals surface area contributed by atoms with Gasteiger partial charge in [-0.15, -0.1) is 0 Å². The third kappa shape index (κ3) is 3.12. The molecule has 0 amide bonds. The van der Waals surface area contributed by atoms with Crippen molar-refractivity contribution in [2.45, 2.75) is 12.6 Å². The van der Waals surface area contributed by atoms with Gasteiger partial charge in [-0.05, 0) is 29.8 Å². The van der Waals surface area contributed by atoms with E-state index in [-0.39, 0.29) is 0 Å². The molecule has 21 heavy (non-hydrogen) atoms. The maximum absolute atomic E-state index is 10.4. The quantitative estimate of drug-likeness (QED) is 0.804. The minimum absolute atomic E-state index is 0.430. The van der Waals surface area contributed by atoms with Crippen molar-refractivity contribution >= 4 is 11.6 Å². The highest BCUT2D eigenvalue weighted by Gasteiger charge is 2.12. The van der Waals surface area contributed by atoms with E-state index in [1.54, 1.807) is 30.7 Å². The Kier molecular flexibility index (Phi) is 3.99. The highest BCUT2D eigenvalue weighted by molar-refractivity contribution is 6.30. The molecule has 0 bridgehead atoms. The molecule has 0 saturated carbocycles. The summed E-state index contributed by atoms with van der Waals surface area (Å²) in [6.45, 7) is 0.430. The van der Waals surface area contributed by atoms with Gasteiger partial charge in [0.05, 0.1) is 12.6 Å². The van der Waals surface area contributed by atoms with E-state index in [2.05, 4.69) is 9.97 Å². The predicted molar refractivity (Wildman–Crippen MR) is 81.9 cm³/mol. The van der Waals surface area contributed by atoms with Crippen LogP contribution in [0.15, 0.2) is 61.2 Å². The van der Waals surface area contributed by atoms with Gasteiger partial charge in [0, 0.05) is 35.4 Å². The molecule has 106 valence electrons. The van der Waals surface area contributed by atoms with Crippen LogP contribution in [0.5, 0.6) is 0 Å². The molecule has 0 spiro atoms. The lowest BCUT2D eigenvalue weighted by molar-refractivity contribution is 0.157. The molecule has 3 rings (SSSR count). The minimum Gasteiger partial charge on any atom is -0.387 e. The Balaban J connectivity index is 1.83. The van der Waals surface area contributed by atoms with E-state index in [9.17, 15) is 5.11 Å². The number of pyridine rings is 1. The second kappa shape index (κ2) is 6.08. The molecule has 1 N–H and O–H groups in total. The third-order valence-electron chi connectivity index (χ3n) is 3.28. The van der Waals surface area contributed by atoms with E-state index in [1.165, 1.54) is 0 Å². The summed E-state index contributed by atoms with van der Waals surface area (Å²) in [7, 11) is 0. The Bertz CT molecular complexity index is 710. The first-order valence-corrected chi connectivity index (χ1v) is 6.97. The number of aliphatic hydroxyl groups excluding tert-OH is 1. The fourth-order valence-electron chi connectivity index (χ4n) is 2.19. The molecule has 0 aliphatic heterocycles. The zero-order valence-electron chi connectivity index (χ0n) is 11.2. The van der Waals surface area contributed by atoms with Gasteiger partial charge in [-0.2, -0.15) is 0 Å². The van der Waals surface area contributed by atoms with Gasteiger partial charge in [0.1, 0.15) is 5.82 Å². The summed E-state index contributed by atoms with van der Waals surface area (Å²) in [5, 5.41) is 11.0. The molecule has 4 nitrogen and oxygen atoms in total. The smallest absolute Gasteiger partial charge is 0.140 e. The Morgan fingerprint density at radius 1 is 1.05 bits per heavy atom. The Morgan fingerprint density at radius 2 is 1.76 bits per heavy atom. The second-order valence-corrected chi connectivity index (χ2v) is 5.14. The van der Waals surface area contributed by atoms with Gasteiger partial charge in [0.2, 0.25) is 0 Å². The van der Waals surface area contributed by atoms with E-state index in [0.717, 1.165) is 17.0 Å². The number of nitrogens with zero attached hydrogens (tertiary/aromatic N) is 3. The number of rotatable bonds is 4. The predicted octanol–water partition coefficient (Wildman–Crippen LogP) is 3.33. The van der Waals surface area contributed by atoms with Crippen LogP contribution in [0.25, 0.3) is 11.4 Å². The normalized spacial score (nSPS) is 12.3. The second-order valence-electron chi connectivity index (χ2n) is 4.71. The fourth-order valence-corrected chi connectivity index (χ4v) is 2.32. The van der Waals surface area contributed by atoms with Crippen molar-refractivity contribution in [1.29, 1.82) is 0 Å². The Morgan fingerprint density at radius 3 is 2.48 bits per heavy atom. The van der Waals surface area contributed by atoms with Crippen molar-refractivity contribution in [3.05, 3.63) is 71.8 Å². The summed E-state index contributed by atoms with van der Waals surface area (Å²) in [5.74, 6) is 0.811. The molecule has 2 heterocycles. The average Bonchev–Trinajstić information content (AvgIpc) is 2.97. The highest BCUT2D eigenvalue weighted by Crippen LogP contribution is 2.22. The number of halogens is 1. The number of imidazole rings is 1. The van der Waals surface area contributed by atoms with Crippen LogP contribution in [-0.2, 0) is 6.54 Å². The van der Waals surface area contributed by atoms with Crippen molar-refractivity contribution in [2.75, 3.05) is 0 Å². The third-order valence-corrected chi connectivity index (χ3v) is 3.53. The minimum atomic E-state index is -0.614. The van der Waals surface area contributed by atoms with Crippen molar-refractivity contribution in [1.82, 2.24) is 14.5 Å². The summed E-state index contributed by atoms with van der Waals surface area (Å²) in [6.07, 6.45) is 6.42. The summed E-state index contributed by atoms with van der Waals surface area (Å²) in [5.41, 5.74) is 1.80. The number of aliphatic hydroxyl groups is 1. The van der Waals surface area contributed by atoms with Gasteiger partial charge in [-0.3, -0.25) is 4.98 Å². The van der Waals surface area contributed by atoms with E-state index >= 15 is 0 Å². The maximum atomic E-state index is 10.4. The van der Waals surface area contributed by atoms with Crippen LogP contribution >= 0.6 is 11.6 Å². The van der Waals surface area contributed by atoms with Gasteiger partial charge >= 0.3 is 0 Å². The molecule has 1 atom stereocenters. The largest absolute Gasteiger partial charge is 0.387 e. The van der Waals surface area contributed by atoms with Crippen LogP contribution in [0.3, 0.4) is 0 Å². The molecule has 0 radical (unpaired) electrons. The summed E-state index contributed by atoms with van der Waals surface area (Å²) in [6, 6.07) is 11.0. The van der Waals surface area contributed by atoms with Gasteiger partial charge in [-0.1, -0.05) is 23.7 Å². The molecule has 2 aromatic heterocycles. The van der Waals surface area contributed by atoms with E-state index in [4.69, 9.17) is 11.6 Å². The molecular formula is C16H14ClN3O. The van der Waals surface area contributed by atoms with Crippen LogP contribution in [0.2, 0.25) is 5.02 Å². The van der Waals surface area contributed by atoms with E-state index < -0.39 is 6.10 Å². The number of benzene rings is 1. The number of hydrogen-bond acceptors (Lipinski definition) is 3. The molecule has 5 heteroatoms. The van der Waals surface area contributed by atoms with E-state index in [1.807, 2.05) is 35.0 Å². The SMILES string of the molecule is O[C@@H](Cn1ccnc1-c1ccncc1)c1ccc(Cl)cc1. The van der Waals surface area contributed by atoms with Crippen LogP contribution in [0.4, 0.5) is 0 Å². The molecular weight excluding hydrogens is 286 g/mol. The number of aromatic nitrogens is 3. The van der Waals surface area contributed by atoms with Crippen LogP contribution < -0.4 is 0 Å². The van der Waals surface area contributed by atoms with Crippen molar-refractivity contribution < 1.29 is 5.11 Å². The summed E-state index contributed by atoms with van der Waals surface area (Å²) in [4.78, 5) is 8.35. The maximum Gasteiger partial charge on any atom is 0.140 e. The lowest BCUT2D eigenvalue weighted by Crippen LogP contribution is -2.09. The molecule has 1 aromatic carbocycles. The average molecular weight is 300 g/mol. The van der Waals surface area contributed by atoms with Crippen molar-refractivity contribution in [3.63, 3.8) is 0 Å². The van der Waals surface area contributed by atoms with Crippen LogP contribution in [0, 0.1) is 0 Å². The Labute approximate surface area is 127 Å². The standard InChI is InChI=1S/C16H14ClN3O/c17-14-3-1-12(2-4-14)15(21)11-20-10-9-19-16(20)13-5-7-18-8-6-13/h1-10,15,21H,11H2/t15-/m0/s1.